The summed E-state index contributed by atoms with van der Waals surface area (Å²) in [5.74, 6) is -1.33. The van der Waals surface area contributed by atoms with Gasteiger partial charge in [-0.2, -0.15) is 0 Å². The Bertz CT molecular complexity index is 1190. The minimum atomic E-state index is -3.94. The first-order chi connectivity index (χ1) is 17.0. The maximum atomic E-state index is 13.7. The molecule has 1 N–H and O–H groups in total. The van der Waals surface area contributed by atoms with Crippen molar-refractivity contribution < 1.29 is 22.4 Å². The monoisotopic (exact) mass is 557 g/mol. The molecule has 0 saturated heterocycles. The molecule has 2 amide bonds. The molecular weight excluding hydrogens is 528 g/mol. The highest BCUT2D eigenvalue weighted by molar-refractivity contribution is 7.92. The Labute approximate surface area is 221 Å². The lowest BCUT2D eigenvalue weighted by Gasteiger charge is -2.33. The van der Waals surface area contributed by atoms with Crippen LogP contribution in [0.2, 0.25) is 10.0 Å². The number of benzene rings is 2. The highest BCUT2D eigenvalue weighted by atomic mass is 35.5. The lowest BCUT2D eigenvalue weighted by molar-refractivity contribution is -0.140. The maximum absolute atomic E-state index is 13.7. The van der Waals surface area contributed by atoms with E-state index in [2.05, 4.69) is 5.32 Å². The topological polar surface area (TPSA) is 86.8 Å². The van der Waals surface area contributed by atoms with Gasteiger partial charge in [-0.3, -0.25) is 13.9 Å². The van der Waals surface area contributed by atoms with Crippen LogP contribution in [0.5, 0.6) is 0 Å². The van der Waals surface area contributed by atoms with E-state index >= 15 is 0 Å². The number of carbonyl (C=O) groups is 2. The predicted octanol–water partition coefficient (Wildman–Crippen LogP) is 4.76. The summed E-state index contributed by atoms with van der Waals surface area (Å²) in [5.41, 5.74) is 0.661. The molecule has 1 aliphatic carbocycles. The first-order valence-electron chi connectivity index (χ1n) is 11.8. The lowest BCUT2D eigenvalue weighted by Crippen LogP contribution is -2.53. The number of hydrogen-bond donors (Lipinski definition) is 1. The number of halogens is 3. The van der Waals surface area contributed by atoms with Crippen LogP contribution in [0.1, 0.15) is 44.6 Å². The zero-order valence-corrected chi connectivity index (χ0v) is 22.5. The molecule has 0 radical (unpaired) electrons. The van der Waals surface area contributed by atoms with Gasteiger partial charge in [0.05, 0.1) is 22.0 Å². The van der Waals surface area contributed by atoms with Gasteiger partial charge in [0.2, 0.25) is 21.8 Å². The number of amides is 2. The fraction of sp³-hybridized carbons (Fsp3) is 0.440. The molecule has 0 bridgehead atoms. The largest absolute Gasteiger partial charge is 0.352 e. The second kappa shape index (κ2) is 12.3. The van der Waals surface area contributed by atoms with Crippen molar-refractivity contribution in [1.29, 1.82) is 0 Å². The van der Waals surface area contributed by atoms with Gasteiger partial charge in [-0.15, -0.1) is 0 Å². The number of sulfonamides is 1. The van der Waals surface area contributed by atoms with E-state index in [1.165, 1.54) is 47.4 Å². The third-order valence-corrected chi connectivity index (χ3v) is 8.17. The van der Waals surface area contributed by atoms with Gasteiger partial charge >= 0.3 is 0 Å². The minimum Gasteiger partial charge on any atom is -0.352 e. The Balaban J connectivity index is 1.94. The minimum absolute atomic E-state index is 0.00339. The maximum Gasteiger partial charge on any atom is 0.244 e. The van der Waals surface area contributed by atoms with Crippen molar-refractivity contribution in [2.75, 3.05) is 17.1 Å². The molecule has 0 aliphatic heterocycles. The quantitative estimate of drug-likeness (QED) is 0.456. The van der Waals surface area contributed by atoms with E-state index in [9.17, 15) is 22.4 Å². The summed E-state index contributed by atoms with van der Waals surface area (Å²) in [7, 11) is -3.94. The fourth-order valence-electron chi connectivity index (χ4n) is 4.35. The van der Waals surface area contributed by atoms with Crippen molar-refractivity contribution in [2.24, 2.45) is 0 Å². The van der Waals surface area contributed by atoms with Crippen LogP contribution in [0.25, 0.3) is 0 Å². The first kappa shape index (κ1) is 28.2. The van der Waals surface area contributed by atoms with Crippen molar-refractivity contribution in [3.05, 3.63) is 63.9 Å². The Kier molecular flexibility index (Phi) is 9.60. The number of nitrogens with one attached hydrogen (secondary N) is 1. The van der Waals surface area contributed by atoms with Gasteiger partial charge < -0.3 is 10.2 Å². The van der Waals surface area contributed by atoms with Crippen LogP contribution in [-0.2, 0) is 26.2 Å². The number of hydrogen-bond acceptors (Lipinski definition) is 4. The predicted molar refractivity (Wildman–Crippen MR) is 140 cm³/mol. The van der Waals surface area contributed by atoms with E-state index in [0.29, 0.717) is 12.0 Å². The Morgan fingerprint density at radius 1 is 1.11 bits per heavy atom. The molecule has 2 aromatic rings. The summed E-state index contributed by atoms with van der Waals surface area (Å²) in [6.45, 7) is 1.19. The van der Waals surface area contributed by atoms with E-state index < -0.39 is 34.3 Å². The van der Waals surface area contributed by atoms with E-state index in [1.54, 1.807) is 6.92 Å². The molecule has 1 aliphatic rings. The Morgan fingerprint density at radius 3 is 2.33 bits per heavy atom. The van der Waals surface area contributed by atoms with Crippen molar-refractivity contribution in [3.8, 4) is 0 Å². The smallest absolute Gasteiger partial charge is 0.244 e. The molecule has 11 heteroatoms. The van der Waals surface area contributed by atoms with Gasteiger partial charge in [0.15, 0.2) is 0 Å². The summed E-state index contributed by atoms with van der Waals surface area (Å²) in [6, 6.07) is 9.29. The van der Waals surface area contributed by atoms with E-state index in [-0.39, 0.29) is 34.2 Å². The molecule has 0 unspecified atom stereocenters. The van der Waals surface area contributed by atoms with Gasteiger partial charge in [0.1, 0.15) is 18.4 Å². The van der Waals surface area contributed by atoms with Crippen LogP contribution in [-0.4, -0.2) is 50.0 Å². The van der Waals surface area contributed by atoms with Crippen LogP contribution in [0.15, 0.2) is 42.5 Å². The number of rotatable bonds is 10. The van der Waals surface area contributed by atoms with Crippen molar-refractivity contribution in [1.82, 2.24) is 10.2 Å². The van der Waals surface area contributed by atoms with Crippen molar-refractivity contribution in [3.63, 3.8) is 0 Å². The molecule has 0 spiro atoms. The molecule has 1 fully saturated rings. The molecule has 0 heterocycles. The molecule has 196 valence electrons. The van der Waals surface area contributed by atoms with E-state index in [1.807, 2.05) is 0 Å². The average molecular weight is 559 g/mol. The molecule has 2 aromatic carbocycles. The summed E-state index contributed by atoms with van der Waals surface area (Å²) < 4.78 is 39.7. The van der Waals surface area contributed by atoms with Gasteiger partial charge in [0, 0.05) is 12.6 Å². The summed E-state index contributed by atoms with van der Waals surface area (Å²) in [5, 5.41) is 3.16. The van der Waals surface area contributed by atoms with Gasteiger partial charge in [-0.1, -0.05) is 61.2 Å². The van der Waals surface area contributed by atoms with Gasteiger partial charge in [-0.05, 0) is 49.1 Å². The molecule has 1 atom stereocenters. The second-order valence-electron chi connectivity index (χ2n) is 8.90. The molecular formula is C25H30Cl2FN3O4S. The third kappa shape index (κ3) is 7.11. The number of anilines is 1. The lowest BCUT2D eigenvalue weighted by atomic mass is 10.1. The van der Waals surface area contributed by atoms with Crippen molar-refractivity contribution in [2.45, 2.75) is 57.7 Å². The molecule has 3 rings (SSSR count). The SMILES string of the molecule is CC[C@@H](C(=O)NC1CCCC1)N(Cc1ccc(F)cc1)C(=O)CN(c1cccc(Cl)c1Cl)S(C)(=O)=O. The summed E-state index contributed by atoms with van der Waals surface area (Å²) >= 11 is 12.4. The van der Waals surface area contributed by atoms with Crippen LogP contribution >= 0.6 is 23.2 Å². The zero-order valence-electron chi connectivity index (χ0n) is 20.2. The molecule has 36 heavy (non-hydrogen) atoms. The Hall–Kier alpha value is -2.36. The molecule has 7 nitrogen and oxygen atoms in total. The normalized spacial score (nSPS) is 14.9. The molecule has 0 aromatic heterocycles. The van der Waals surface area contributed by atoms with Gasteiger partial charge in [-0.25, -0.2) is 12.8 Å². The first-order valence-corrected chi connectivity index (χ1v) is 14.4. The third-order valence-electron chi connectivity index (χ3n) is 6.23. The summed E-state index contributed by atoms with van der Waals surface area (Å²) in [6.07, 6.45) is 5.09. The number of nitrogens with zero attached hydrogens (tertiary/aromatic N) is 2. The highest BCUT2D eigenvalue weighted by Gasteiger charge is 2.33. The average Bonchev–Trinajstić information content (AvgIpc) is 3.33. The van der Waals surface area contributed by atoms with Crippen LogP contribution in [0.3, 0.4) is 0 Å². The van der Waals surface area contributed by atoms with Crippen LogP contribution in [0.4, 0.5) is 10.1 Å². The van der Waals surface area contributed by atoms with Crippen LogP contribution in [0, 0.1) is 5.82 Å². The van der Waals surface area contributed by atoms with Crippen molar-refractivity contribution >= 4 is 50.7 Å². The molecule has 1 saturated carbocycles. The zero-order chi connectivity index (χ0) is 26.5. The highest BCUT2D eigenvalue weighted by Crippen LogP contribution is 2.34. The van der Waals surface area contributed by atoms with Gasteiger partial charge in [0.25, 0.3) is 0 Å². The Morgan fingerprint density at radius 2 is 1.75 bits per heavy atom. The second-order valence-corrected chi connectivity index (χ2v) is 11.6. The van der Waals surface area contributed by atoms with E-state index in [4.69, 9.17) is 23.2 Å². The number of carbonyl (C=O) groups excluding carboxylic acids is 2. The standard InChI is InChI=1S/C25H30Cl2FN3O4S/c1-3-21(25(33)29-19-7-4-5-8-19)30(15-17-11-13-18(28)14-12-17)23(32)16-31(36(2,34)35)22-10-6-9-20(26)24(22)27/h6,9-14,19,21H,3-5,7-8,15-16H2,1-2H3,(H,29,33)/t21-/m0/s1. The summed E-state index contributed by atoms with van der Waals surface area (Å²) in [4.78, 5) is 28.3. The van der Waals surface area contributed by atoms with E-state index in [0.717, 1.165) is 36.2 Å². The van der Waals surface area contributed by atoms with Crippen LogP contribution < -0.4 is 9.62 Å². The fourth-order valence-corrected chi connectivity index (χ4v) is 5.66.